The van der Waals surface area contributed by atoms with Crippen molar-refractivity contribution in [1.29, 1.82) is 0 Å². The zero-order valence-corrected chi connectivity index (χ0v) is 16.6. The largest absolute Gasteiger partial charge is 0.416 e. The quantitative estimate of drug-likeness (QED) is 0.643. The van der Waals surface area contributed by atoms with Crippen LogP contribution in [0.15, 0.2) is 28.8 Å². The zero-order chi connectivity index (χ0) is 19.9. The lowest BCUT2D eigenvalue weighted by Gasteiger charge is -2.10. The molecule has 29 heavy (non-hydrogen) atoms. The molecule has 1 aromatic carbocycles. The van der Waals surface area contributed by atoms with Gasteiger partial charge in [-0.3, -0.25) is 0 Å². The van der Waals surface area contributed by atoms with Gasteiger partial charge in [0.25, 0.3) is 5.89 Å². The van der Waals surface area contributed by atoms with Crippen molar-refractivity contribution in [3.8, 4) is 17.3 Å². The van der Waals surface area contributed by atoms with Crippen LogP contribution in [0.3, 0.4) is 0 Å². The first-order valence-corrected chi connectivity index (χ1v) is 9.00. The summed E-state index contributed by atoms with van der Waals surface area (Å²) in [6.45, 7) is 2.00. The molecule has 2 heterocycles. The highest BCUT2D eigenvalue weighted by molar-refractivity contribution is 5.85. The Morgan fingerprint density at radius 3 is 2.72 bits per heavy atom. The topological polar surface area (TPSA) is 81.7 Å². The summed E-state index contributed by atoms with van der Waals surface area (Å²) in [5.41, 5.74) is 0.705. The van der Waals surface area contributed by atoms with Gasteiger partial charge < -0.3 is 9.84 Å². The molecule has 3 aromatic rings. The van der Waals surface area contributed by atoms with Gasteiger partial charge in [0, 0.05) is 18.4 Å². The van der Waals surface area contributed by atoms with Crippen molar-refractivity contribution < 1.29 is 17.7 Å². The van der Waals surface area contributed by atoms with Gasteiger partial charge in [0.15, 0.2) is 11.5 Å². The molecule has 11 heteroatoms. The van der Waals surface area contributed by atoms with E-state index in [1.165, 1.54) is 10.7 Å². The second-order valence-corrected chi connectivity index (χ2v) is 6.97. The number of nitrogens with one attached hydrogen (secondary N) is 1. The summed E-state index contributed by atoms with van der Waals surface area (Å²) in [4.78, 5) is 4.39. The molecule has 1 aliphatic carbocycles. The number of alkyl halides is 3. The summed E-state index contributed by atoms with van der Waals surface area (Å²) in [5, 5.41) is 15.3. The van der Waals surface area contributed by atoms with Gasteiger partial charge in [0.1, 0.15) is 0 Å². The Labute approximate surface area is 171 Å². The van der Waals surface area contributed by atoms with Crippen LogP contribution < -0.4 is 5.32 Å². The number of hydrogen-bond donors (Lipinski definition) is 1. The molecule has 0 radical (unpaired) electrons. The van der Waals surface area contributed by atoms with Crippen molar-refractivity contribution in [2.24, 2.45) is 0 Å². The predicted molar refractivity (Wildman–Crippen MR) is 101 cm³/mol. The Kier molecular flexibility index (Phi) is 5.95. The van der Waals surface area contributed by atoms with E-state index in [0.29, 0.717) is 29.3 Å². The molecule has 1 aliphatic rings. The minimum atomic E-state index is -4.43. The molecule has 1 atom stereocenters. The van der Waals surface area contributed by atoms with E-state index in [-0.39, 0.29) is 30.3 Å². The lowest BCUT2D eigenvalue weighted by Crippen LogP contribution is -2.24. The van der Waals surface area contributed by atoms with Gasteiger partial charge >= 0.3 is 6.18 Å². The first-order chi connectivity index (χ1) is 13.4. The second kappa shape index (κ2) is 8.11. The Bertz CT molecular complexity index is 982. The molecular weight excluding hydrogens is 409 g/mol. The molecule has 0 bridgehead atoms. The lowest BCUT2D eigenvalue weighted by atomic mass is 10.1. The first kappa shape index (κ1) is 21.3. The van der Waals surface area contributed by atoms with E-state index < -0.39 is 11.7 Å². The summed E-state index contributed by atoms with van der Waals surface area (Å²) >= 11 is 0. The lowest BCUT2D eigenvalue weighted by molar-refractivity contribution is -0.137. The van der Waals surface area contributed by atoms with Crippen LogP contribution in [0, 0.1) is 0 Å². The minimum absolute atomic E-state index is 0. The molecule has 1 saturated carbocycles. The summed E-state index contributed by atoms with van der Waals surface area (Å²) < 4.78 is 46.0. The highest BCUT2D eigenvalue weighted by Gasteiger charge is 2.35. The number of nitrogens with zero attached hydrogens (tertiary/aromatic N) is 5. The Morgan fingerprint density at radius 2 is 2.07 bits per heavy atom. The zero-order valence-electron chi connectivity index (χ0n) is 15.8. The SMILES string of the molecule is CNC(C)Cc1noc(-c2nnn(-c3cccc(C(F)(F)F)c3)c2C2CC2)n1.Cl. The normalized spacial score (nSPS) is 15.2. The maximum Gasteiger partial charge on any atom is 0.416 e. The fraction of sp³-hybridized carbons (Fsp3) is 0.444. The van der Waals surface area contributed by atoms with Gasteiger partial charge in [-0.2, -0.15) is 18.2 Å². The maximum absolute atomic E-state index is 13.1. The van der Waals surface area contributed by atoms with Crippen molar-refractivity contribution >= 4 is 12.4 Å². The number of halogens is 4. The number of hydrogen-bond acceptors (Lipinski definition) is 6. The van der Waals surface area contributed by atoms with Gasteiger partial charge in [-0.25, -0.2) is 4.68 Å². The van der Waals surface area contributed by atoms with Crippen molar-refractivity contribution in [2.75, 3.05) is 7.05 Å². The minimum Gasteiger partial charge on any atom is -0.332 e. The van der Waals surface area contributed by atoms with Crippen molar-refractivity contribution in [3.05, 3.63) is 41.3 Å². The molecule has 7 nitrogen and oxygen atoms in total. The highest BCUT2D eigenvalue weighted by atomic mass is 35.5. The molecule has 0 spiro atoms. The van der Waals surface area contributed by atoms with Crippen LogP contribution in [0.25, 0.3) is 17.3 Å². The number of benzene rings is 1. The molecule has 0 saturated heterocycles. The fourth-order valence-electron chi connectivity index (χ4n) is 2.98. The standard InChI is InChI=1S/C18H19F3N6O.ClH/c1-10(22-2)8-14-23-17(28-25-14)15-16(11-6-7-11)27(26-24-15)13-5-3-4-12(9-13)18(19,20)21;/h3-5,9-11,22H,6-8H2,1-2H3;1H. The highest BCUT2D eigenvalue weighted by Crippen LogP contribution is 2.44. The maximum atomic E-state index is 13.1. The van der Waals surface area contributed by atoms with E-state index >= 15 is 0 Å². The van der Waals surface area contributed by atoms with Crippen molar-refractivity contribution in [3.63, 3.8) is 0 Å². The average Bonchev–Trinajstić information content (AvgIpc) is 3.24. The average molecular weight is 429 g/mol. The van der Waals surface area contributed by atoms with Gasteiger partial charge in [-0.15, -0.1) is 17.5 Å². The Balaban J connectivity index is 0.00000240. The fourth-order valence-corrected chi connectivity index (χ4v) is 2.98. The molecule has 1 unspecified atom stereocenters. The van der Waals surface area contributed by atoms with Gasteiger partial charge in [0.2, 0.25) is 0 Å². The van der Waals surface area contributed by atoms with E-state index in [0.717, 1.165) is 25.0 Å². The van der Waals surface area contributed by atoms with Crippen molar-refractivity contribution in [1.82, 2.24) is 30.5 Å². The van der Waals surface area contributed by atoms with E-state index in [2.05, 4.69) is 25.8 Å². The molecule has 1 fully saturated rings. The van der Waals surface area contributed by atoms with E-state index in [9.17, 15) is 13.2 Å². The van der Waals surface area contributed by atoms with Crippen LogP contribution in [0.4, 0.5) is 13.2 Å². The number of rotatable bonds is 6. The summed E-state index contributed by atoms with van der Waals surface area (Å²) in [5.74, 6) is 0.928. The Hall–Kier alpha value is -2.46. The monoisotopic (exact) mass is 428 g/mol. The van der Waals surface area contributed by atoms with Crippen LogP contribution in [-0.4, -0.2) is 38.2 Å². The summed E-state index contributed by atoms with van der Waals surface area (Å²) in [6, 6.07) is 5.21. The van der Waals surface area contributed by atoms with E-state index in [1.807, 2.05) is 14.0 Å². The number of aromatic nitrogens is 5. The van der Waals surface area contributed by atoms with E-state index in [4.69, 9.17) is 4.52 Å². The molecule has 156 valence electrons. The van der Waals surface area contributed by atoms with Gasteiger partial charge in [-0.05, 0) is 45.0 Å². The molecular formula is C18H20ClF3N6O. The van der Waals surface area contributed by atoms with Crippen LogP contribution >= 0.6 is 12.4 Å². The molecule has 0 aliphatic heterocycles. The molecule has 1 N–H and O–H groups in total. The van der Waals surface area contributed by atoms with Gasteiger partial charge in [-0.1, -0.05) is 16.4 Å². The third-order valence-electron chi connectivity index (χ3n) is 4.74. The van der Waals surface area contributed by atoms with Gasteiger partial charge in [0.05, 0.1) is 16.9 Å². The van der Waals surface area contributed by atoms with Crippen LogP contribution in [0.5, 0.6) is 0 Å². The van der Waals surface area contributed by atoms with Crippen molar-refractivity contribution in [2.45, 2.75) is 44.3 Å². The molecule has 0 amide bonds. The third kappa shape index (κ3) is 4.43. The predicted octanol–water partition coefficient (Wildman–Crippen LogP) is 3.79. The smallest absolute Gasteiger partial charge is 0.332 e. The van der Waals surface area contributed by atoms with E-state index in [1.54, 1.807) is 6.07 Å². The Morgan fingerprint density at radius 1 is 1.31 bits per heavy atom. The molecule has 2 aromatic heterocycles. The van der Waals surface area contributed by atoms with Crippen LogP contribution in [0.1, 0.15) is 42.8 Å². The third-order valence-corrected chi connectivity index (χ3v) is 4.74. The summed E-state index contributed by atoms with van der Waals surface area (Å²) in [6.07, 6.45) is -2.01. The van der Waals surface area contributed by atoms with Crippen LogP contribution in [0.2, 0.25) is 0 Å². The molecule has 4 rings (SSSR count). The summed E-state index contributed by atoms with van der Waals surface area (Å²) in [7, 11) is 1.84. The second-order valence-electron chi connectivity index (χ2n) is 6.97. The van der Waals surface area contributed by atoms with Crippen LogP contribution in [-0.2, 0) is 12.6 Å². The first-order valence-electron chi connectivity index (χ1n) is 9.00. The number of likely N-dealkylation sites (N-methyl/N-ethyl adjacent to an activating group) is 1.